The summed E-state index contributed by atoms with van der Waals surface area (Å²) in [6.07, 6.45) is 17.9. The average molecular weight is 282 g/mol. The van der Waals surface area contributed by atoms with Crippen molar-refractivity contribution >= 4 is 0 Å². The van der Waals surface area contributed by atoms with Gasteiger partial charge in [-0.2, -0.15) is 0 Å². The Balaban J connectivity index is 3.16. The Morgan fingerprint density at radius 2 is 1.10 bits per heavy atom. The molecule has 0 aromatic rings. The molecule has 0 aromatic heterocycles. The summed E-state index contributed by atoms with van der Waals surface area (Å²) in [6.45, 7) is 10.5. The van der Waals surface area contributed by atoms with Crippen LogP contribution < -0.4 is 5.73 Å². The van der Waals surface area contributed by atoms with E-state index in [0.717, 1.165) is 6.42 Å². The number of rotatable bonds is 14. The molecule has 2 N–H and O–H groups in total. The fourth-order valence-corrected chi connectivity index (χ4v) is 2.50. The van der Waals surface area contributed by atoms with Gasteiger partial charge in [0, 0.05) is 5.54 Å². The number of hydrogen-bond acceptors (Lipinski definition) is 1. The lowest BCUT2D eigenvalue weighted by Crippen LogP contribution is -2.33. The van der Waals surface area contributed by atoms with Crippen LogP contribution in [0.25, 0.3) is 0 Å². The molecule has 120 valence electrons. The van der Waals surface area contributed by atoms with Crippen molar-refractivity contribution < 1.29 is 0 Å². The van der Waals surface area contributed by atoms with Crippen LogP contribution in [0, 0.1) is 0 Å². The molecule has 0 saturated carbocycles. The maximum absolute atomic E-state index is 6.02. The first-order valence-electron chi connectivity index (χ1n) is 8.95. The molecule has 0 spiro atoms. The summed E-state index contributed by atoms with van der Waals surface area (Å²) in [7, 11) is 0. The first-order valence-corrected chi connectivity index (χ1v) is 8.95. The molecule has 1 nitrogen and oxygen atoms in total. The van der Waals surface area contributed by atoms with Gasteiger partial charge in [-0.15, -0.1) is 0 Å². The third kappa shape index (κ3) is 12.7. The van der Waals surface area contributed by atoms with Crippen LogP contribution in [0.3, 0.4) is 0 Å². The molecule has 0 heterocycles. The number of hydrogen-bond donors (Lipinski definition) is 1. The van der Waals surface area contributed by atoms with E-state index in [1.165, 1.54) is 82.6 Å². The topological polar surface area (TPSA) is 26.0 Å². The monoisotopic (exact) mass is 281 g/mol. The zero-order chi connectivity index (χ0) is 15.3. The van der Waals surface area contributed by atoms with E-state index in [4.69, 9.17) is 5.73 Å². The van der Waals surface area contributed by atoms with Gasteiger partial charge in [0.2, 0.25) is 0 Å². The summed E-state index contributed by atoms with van der Waals surface area (Å²) in [5, 5.41) is 0. The van der Waals surface area contributed by atoms with Crippen LogP contribution in [0.15, 0.2) is 12.2 Å². The van der Waals surface area contributed by atoms with Gasteiger partial charge in [-0.05, 0) is 26.7 Å². The Morgan fingerprint density at radius 1 is 0.750 bits per heavy atom. The molecular formula is C19H39N. The molecule has 0 unspecified atom stereocenters. The second kappa shape index (κ2) is 12.4. The van der Waals surface area contributed by atoms with Crippen molar-refractivity contribution in [1.29, 1.82) is 0 Å². The number of nitrogens with two attached hydrogens (primary N) is 1. The van der Waals surface area contributed by atoms with Crippen LogP contribution in [0.2, 0.25) is 0 Å². The highest BCUT2D eigenvalue weighted by Gasteiger charge is 2.14. The fraction of sp³-hybridized carbons (Fsp3) is 0.895. The molecule has 0 saturated heterocycles. The van der Waals surface area contributed by atoms with Gasteiger partial charge >= 0.3 is 0 Å². The van der Waals surface area contributed by atoms with Crippen LogP contribution >= 0.6 is 0 Å². The summed E-state index contributed by atoms with van der Waals surface area (Å²) in [4.78, 5) is 0. The standard InChI is InChI=1S/C19H39N/c1-5-6-7-8-9-10-11-12-13-14-15-16-17-18(2)19(3,4)20/h2,5-17,20H2,1,3-4H3. The zero-order valence-corrected chi connectivity index (χ0v) is 14.5. The summed E-state index contributed by atoms with van der Waals surface area (Å²) in [5.41, 5.74) is 7.02. The largest absolute Gasteiger partial charge is 0.322 e. The molecule has 20 heavy (non-hydrogen) atoms. The van der Waals surface area contributed by atoms with Crippen molar-refractivity contribution in [2.45, 2.75) is 110 Å². The van der Waals surface area contributed by atoms with Crippen LogP contribution in [-0.4, -0.2) is 5.54 Å². The van der Waals surface area contributed by atoms with E-state index in [1.54, 1.807) is 0 Å². The van der Waals surface area contributed by atoms with E-state index in [1.807, 2.05) is 0 Å². The van der Waals surface area contributed by atoms with E-state index in [-0.39, 0.29) is 5.54 Å². The van der Waals surface area contributed by atoms with Crippen LogP contribution in [0.5, 0.6) is 0 Å². The van der Waals surface area contributed by atoms with Crippen molar-refractivity contribution in [1.82, 2.24) is 0 Å². The van der Waals surface area contributed by atoms with E-state index < -0.39 is 0 Å². The molecule has 0 aromatic carbocycles. The van der Waals surface area contributed by atoms with Gasteiger partial charge in [0.25, 0.3) is 0 Å². The maximum atomic E-state index is 6.02. The van der Waals surface area contributed by atoms with Gasteiger partial charge in [0.15, 0.2) is 0 Å². The van der Waals surface area contributed by atoms with Crippen molar-refractivity contribution in [2.24, 2.45) is 5.73 Å². The fourth-order valence-electron chi connectivity index (χ4n) is 2.50. The predicted molar refractivity (Wildman–Crippen MR) is 93.1 cm³/mol. The maximum Gasteiger partial charge on any atom is 0.0308 e. The lowest BCUT2D eigenvalue weighted by Gasteiger charge is -2.21. The molecule has 0 amide bonds. The first kappa shape index (κ1) is 19.7. The van der Waals surface area contributed by atoms with E-state index in [0.29, 0.717) is 0 Å². The van der Waals surface area contributed by atoms with Crippen molar-refractivity contribution in [2.75, 3.05) is 0 Å². The Labute approximate surface area is 128 Å². The normalized spacial score (nSPS) is 11.8. The van der Waals surface area contributed by atoms with Crippen molar-refractivity contribution in [3.05, 3.63) is 12.2 Å². The smallest absolute Gasteiger partial charge is 0.0308 e. The predicted octanol–water partition coefficient (Wildman–Crippen LogP) is 6.37. The van der Waals surface area contributed by atoms with Gasteiger partial charge in [-0.1, -0.05) is 89.7 Å². The summed E-state index contributed by atoms with van der Waals surface area (Å²) in [6, 6.07) is 0. The van der Waals surface area contributed by atoms with Gasteiger partial charge in [0.05, 0.1) is 0 Å². The highest BCUT2D eigenvalue weighted by atomic mass is 14.7. The molecule has 0 aliphatic heterocycles. The zero-order valence-electron chi connectivity index (χ0n) is 14.5. The van der Waals surface area contributed by atoms with Gasteiger partial charge in [-0.3, -0.25) is 0 Å². The van der Waals surface area contributed by atoms with Crippen LogP contribution in [0.4, 0.5) is 0 Å². The average Bonchev–Trinajstić information content (AvgIpc) is 2.38. The van der Waals surface area contributed by atoms with Gasteiger partial charge < -0.3 is 5.73 Å². The highest BCUT2D eigenvalue weighted by molar-refractivity contribution is 5.10. The van der Waals surface area contributed by atoms with E-state index in [2.05, 4.69) is 27.4 Å². The lowest BCUT2D eigenvalue weighted by atomic mass is 9.92. The summed E-state index contributed by atoms with van der Waals surface area (Å²) < 4.78 is 0. The molecule has 0 bridgehead atoms. The Hall–Kier alpha value is -0.300. The summed E-state index contributed by atoms with van der Waals surface area (Å²) >= 11 is 0. The first-order chi connectivity index (χ1) is 9.48. The third-order valence-electron chi connectivity index (χ3n) is 4.24. The molecule has 0 fully saturated rings. The van der Waals surface area contributed by atoms with Gasteiger partial charge in [-0.25, -0.2) is 0 Å². The molecule has 1 heteroatoms. The molecular weight excluding hydrogens is 242 g/mol. The molecule has 0 aliphatic rings. The Morgan fingerprint density at radius 3 is 1.45 bits per heavy atom. The van der Waals surface area contributed by atoms with E-state index >= 15 is 0 Å². The van der Waals surface area contributed by atoms with E-state index in [9.17, 15) is 0 Å². The minimum atomic E-state index is -0.197. The van der Waals surface area contributed by atoms with Crippen molar-refractivity contribution in [3.63, 3.8) is 0 Å². The Bertz CT molecular complexity index is 224. The molecule has 0 atom stereocenters. The molecule has 0 rings (SSSR count). The van der Waals surface area contributed by atoms with Crippen LogP contribution in [-0.2, 0) is 0 Å². The molecule has 0 aliphatic carbocycles. The summed E-state index contributed by atoms with van der Waals surface area (Å²) in [5.74, 6) is 0. The third-order valence-corrected chi connectivity index (χ3v) is 4.24. The quantitative estimate of drug-likeness (QED) is 0.290. The second-order valence-electron chi connectivity index (χ2n) is 6.96. The number of unbranched alkanes of at least 4 members (excludes halogenated alkanes) is 11. The Kier molecular flexibility index (Phi) is 12.3. The van der Waals surface area contributed by atoms with Gasteiger partial charge in [0.1, 0.15) is 0 Å². The highest BCUT2D eigenvalue weighted by Crippen LogP contribution is 2.18. The van der Waals surface area contributed by atoms with Crippen molar-refractivity contribution in [3.8, 4) is 0 Å². The SMILES string of the molecule is C=C(CCCCCCCCCCCCCC)C(C)(C)N. The second-order valence-corrected chi connectivity index (χ2v) is 6.96. The minimum absolute atomic E-state index is 0.197. The molecule has 0 radical (unpaired) electrons. The lowest BCUT2D eigenvalue weighted by molar-refractivity contribution is 0.531. The minimum Gasteiger partial charge on any atom is -0.322 e. The van der Waals surface area contributed by atoms with Crippen LogP contribution in [0.1, 0.15) is 104 Å².